The predicted molar refractivity (Wildman–Crippen MR) is 58.6 cm³/mol. The summed E-state index contributed by atoms with van der Waals surface area (Å²) in [5.41, 5.74) is 1.26. The van der Waals surface area contributed by atoms with E-state index in [-0.39, 0.29) is 19.5 Å². The molecule has 3 heteroatoms. The van der Waals surface area contributed by atoms with Crippen LogP contribution in [-0.4, -0.2) is 31.7 Å². The van der Waals surface area contributed by atoms with Gasteiger partial charge in [-0.15, -0.1) is 0 Å². The van der Waals surface area contributed by atoms with Gasteiger partial charge in [0.05, 0.1) is 12.7 Å². The van der Waals surface area contributed by atoms with Crippen molar-refractivity contribution in [2.75, 3.05) is 20.5 Å². The SMILES string of the molecule is COCOC(CO)CCc1ccccc1. The maximum Gasteiger partial charge on any atom is 0.146 e. The van der Waals surface area contributed by atoms with Crippen LogP contribution in [0.5, 0.6) is 0 Å². The fourth-order valence-corrected chi connectivity index (χ4v) is 1.36. The molecule has 1 aromatic rings. The molecule has 0 saturated carbocycles. The van der Waals surface area contributed by atoms with Crippen molar-refractivity contribution in [2.24, 2.45) is 0 Å². The molecule has 1 aromatic carbocycles. The lowest BCUT2D eigenvalue weighted by Gasteiger charge is -2.14. The summed E-state index contributed by atoms with van der Waals surface area (Å²) in [4.78, 5) is 0. The lowest BCUT2D eigenvalue weighted by Crippen LogP contribution is -2.19. The van der Waals surface area contributed by atoms with Crippen LogP contribution in [0.1, 0.15) is 12.0 Å². The molecular weight excluding hydrogens is 192 g/mol. The largest absolute Gasteiger partial charge is 0.394 e. The second kappa shape index (κ2) is 7.40. The third-order valence-electron chi connectivity index (χ3n) is 2.22. The van der Waals surface area contributed by atoms with E-state index in [9.17, 15) is 0 Å². The van der Waals surface area contributed by atoms with Crippen LogP contribution in [0.2, 0.25) is 0 Å². The summed E-state index contributed by atoms with van der Waals surface area (Å²) < 4.78 is 10.1. The molecule has 0 aliphatic heterocycles. The number of hydrogen-bond donors (Lipinski definition) is 1. The normalized spacial score (nSPS) is 12.7. The second-order valence-electron chi connectivity index (χ2n) is 3.40. The lowest BCUT2D eigenvalue weighted by molar-refractivity contribution is -0.0890. The van der Waals surface area contributed by atoms with Gasteiger partial charge in [-0.05, 0) is 18.4 Å². The molecule has 15 heavy (non-hydrogen) atoms. The van der Waals surface area contributed by atoms with Crippen molar-refractivity contribution in [2.45, 2.75) is 18.9 Å². The average Bonchev–Trinajstić information content (AvgIpc) is 2.31. The number of hydrogen-bond acceptors (Lipinski definition) is 3. The fraction of sp³-hybridized carbons (Fsp3) is 0.500. The Morgan fingerprint density at radius 2 is 2.00 bits per heavy atom. The van der Waals surface area contributed by atoms with Gasteiger partial charge < -0.3 is 14.6 Å². The second-order valence-corrected chi connectivity index (χ2v) is 3.40. The smallest absolute Gasteiger partial charge is 0.146 e. The number of aliphatic hydroxyl groups is 1. The minimum Gasteiger partial charge on any atom is -0.394 e. The maximum atomic E-state index is 9.05. The molecule has 3 nitrogen and oxygen atoms in total. The van der Waals surface area contributed by atoms with Gasteiger partial charge in [0, 0.05) is 7.11 Å². The van der Waals surface area contributed by atoms with Gasteiger partial charge in [0.1, 0.15) is 6.79 Å². The van der Waals surface area contributed by atoms with Crippen molar-refractivity contribution in [3.63, 3.8) is 0 Å². The van der Waals surface area contributed by atoms with Crippen LogP contribution in [0, 0.1) is 0 Å². The molecule has 1 rings (SSSR count). The van der Waals surface area contributed by atoms with E-state index < -0.39 is 0 Å². The van der Waals surface area contributed by atoms with Gasteiger partial charge in [-0.2, -0.15) is 0 Å². The summed E-state index contributed by atoms with van der Waals surface area (Å²) in [7, 11) is 1.58. The van der Waals surface area contributed by atoms with E-state index in [2.05, 4.69) is 12.1 Å². The minimum absolute atomic E-state index is 0.0379. The molecule has 0 heterocycles. The van der Waals surface area contributed by atoms with E-state index in [4.69, 9.17) is 14.6 Å². The Morgan fingerprint density at radius 3 is 2.60 bits per heavy atom. The molecule has 1 atom stereocenters. The Labute approximate surface area is 90.6 Å². The third kappa shape index (κ3) is 4.93. The zero-order valence-corrected chi connectivity index (χ0v) is 9.06. The number of methoxy groups -OCH3 is 1. The molecule has 0 amide bonds. The van der Waals surface area contributed by atoms with Crippen molar-refractivity contribution >= 4 is 0 Å². The number of ether oxygens (including phenoxy) is 2. The van der Waals surface area contributed by atoms with Gasteiger partial charge >= 0.3 is 0 Å². The van der Waals surface area contributed by atoms with E-state index in [1.807, 2.05) is 18.2 Å². The first-order chi connectivity index (χ1) is 7.36. The average molecular weight is 210 g/mol. The Bertz CT molecular complexity index is 248. The van der Waals surface area contributed by atoms with Crippen LogP contribution in [0.15, 0.2) is 30.3 Å². The molecule has 84 valence electrons. The van der Waals surface area contributed by atoms with Crippen molar-refractivity contribution < 1.29 is 14.6 Å². The van der Waals surface area contributed by atoms with Gasteiger partial charge in [0.2, 0.25) is 0 Å². The first kappa shape index (κ1) is 12.2. The van der Waals surface area contributed by atoms with Crippen LogP contribution in [0.4, 0.5) is 0 Å². The Morgan fingerprint density at radius 1 is 1.27 bits per heavy atom. The number of rotatable bonds is 7. The number of aryl methyl sites for hydroxylation is 1. The monoisotopic (exact) mass is 210 g/mol. The van der Waals surface area contributed by atoms with Crippen LogP contribution < -0.4 is 0 Å². The Hall–Kier alpha value is -0.900. The standard InChI is InChI=1S/C12H18O3/c1-14-10-15-12(9-13)8-7-11-5-3-2-4-6-11/h2-6,12-13H,7-10H2,1H3. The molecule has 1 unspecified atom stereocenters. The van der Waals surface area contributed by atoms with Crippen LogP contribution in [0.25, 0.3) is 0 Å². The molecule has 1 N–H and O–H groups in total. The minimum atomic E-state index is -0.134. The van der Waals surface area contributed by atoms with Crippen molar-refractivity contribution in [1.29, 1.82) is 0 Å². The summed E-state index contributed by atoms with van der Waals surface area (Å²) in [5.74, 6) is 0. The van der Waals surface area contributed by atoms with Gasteiger partial charge in [-0.25, -0.2) is 0 Å². The molecule has 0 aliphatic rings. The molecule has 0 aromatic heterocycles. The Balaban J connectivity index is 2.28. The van der Waals surface area contributed by atoms with Crippen molar-refractivity contribution in [3.05, 3.63) is 35.9 Å². The highest BCUT2D eigenvalue weighted by atomic mass is 16.7. The van der Waals surface area contributed by atoms with Crippen LogP contribution in [-0.2, 0) is 15.9 Å². The number of benzene rings is 1. The van der Waals surface area contributed by atoms with Crippen molar-refractivity contribution in [3.8, 4) is 0 Å². The van der Waals surface area contributed by atoms with E-state index >= 15 is 0 Å². The topological polar surface area (TPSA) is 38.7 Å². The predicted octanol–water partition coefficient (Wildman–Crippen LogP) is 1.60. The van der Waals surface area contributed by atoms with Crippen molar-refractivity contribution in [1.82, 2.24) is 0 Å². The molecular formula is C12H18O3. The summed E-state index contributed by atoms with van der Waals surface area (Å²) >= 11 is 0. The van der Waals surface area contributed by atoms with E-state index in [0.717, 1.165) is 12.8 Å². The molecule has 0 bridgehead atoms. The first-order valence-electron chi connectivity index (χ1n) is 5.12. The summed E-state index contributed by atoms with van der Waals surface area (Å²) in [6.07, 6.45) is 1.59. The fourth-order valence-electron chi connectivity index (χ4n) is 1.36. The highest BCUT2D eigenvalue weighted by molar-refractivity contribution is 5.14. The molecule has 0 spiro atoms. The highest BCUT2D eigenvalue weighted by Gasteiger charge is 2.07. The third-order valence-corrected chi connectivity index (χ3v) is 2.22. The highest BCUT2D eigenvalue weighted by Crippen LogP contribution is 2.07. The quantitative estimate of drug-likeness (QED) is 0.695. The molecule has 0 saturated heterocycles. The van der Waals surface area contributed by atoms with Crippen LogP contribution >= 0.6 is 0 Å². The summed E-state index contributed by atoms with van der Waals surface area (Å²) in [6.45, 7) is 0.274. The zero-order valence-electron chi connectivity index (χ0n) is 9.06. The summed E-state index contributed by atoms with van der Waals surface area (Å²) in [6, 6.07) is 10.2. The van der Waals surface area contributed by atoms with Gasteiger partial charge in [-0.1, -0.05) is 30.3 Å². The summed E-state index contributed by atoms with van der Waals surface area (Å²) in [5, 5.41) is 9.05. The van der Waals surface area contributed by atoms with E-state index in [1.165, 1.54) is 5.56 Å². The lowest BCUT2D eigenvalue weighted by atomic mass is 10.1. The molecule has 0 aliphatic carbocycles. The van der Waals surface area contributed by atoms with Crippen LogP contribution in [0.3, 0.4) is 0 Å². The van der Waals surface area contributed by atoms with E-state index in [0.29, 0.717) is 0 Å². The maximum absolute atomic E-state index is 9.05. The molecule has 0 fully saturated rings. The van der Waals surface area contributed by atoms with Gasteiger partial charge in [-0.3, -0.25) is 0 Å². The van der Waals surface area contributed by atoms with Gasteiger partial charge in [0.25, 0.3) is 0 Å². The Kier molecular flexibility index (Phi) is 6.00. The molecule has 0 radical (unpaired) electrons. The van der Waals surface area contributed by atoms with Gasteiger partial charge in [0.15, 0.2) is 0 Å². The first-order valence-corrected chi connectivity index (χ1v) is 5.12. The number of aliphatic hydroxyl groups excluding tert-OH is 1. The van der Waals surface area contributed by atoms with E-state index in [1.54, 1.807) is 7.11 Å². The zero-order chi connectivity index (χ0) is 10.9.